The lowest BCUT2D eigenvalue weighted by atomic mass is 10.2. The maximum absolute atomic E-state index is 12.3. The van der Waals surface area contributed by atoms with Gasteiger partial charge in [-0.05, 0) is 50.2 Å². The molecule has 0 aliphatic carbocycles. The van der Waals surface area contributed by atoms with Gasteiger partial charge in [0.15, 0.2) is 6.54 Å². The molecule has 0 spiro atoms. The van der Waals surface area contributed by atoms with Gasteiger partial charge in [0.1, 0.15) is 11.6 Å². The molecule has 0 saturated carbocycles. The molecular formula is C21H24N3O3S+. The van der Waals surface area contributed by atoms with Gasteiger partial charge in [0, 0.05) is 5.69 Å². The molecule has 3 rings (SSSR count). The number of hydrogen-bond donors (Lipinski definition) is 2. The second-order valence-corrected chi connectivity index (χ2v) is 8.08. The number of hydrogen-bond acceptors (Lipinski definition) is 5. The summed E-state index contributed by atoms with van der Waals surface area (Å²) in [6.45, 7) is 4.62. The summed E-state index contributed by atoms with van der Waals surface area (Å²) in [4.78, 5) is 29.8. The van der Waals surface area contributed by atoms with Crippen molar-refractivity contribution in [2.75, 3.05) is 18.9 Å². The van der Waals surface area contributed by atoms with Crippen LogP contribution < -0.4 is 10.2 Å². The first kappa shape index (κ1) is 20.0. The van der Waals surface area contributed by atoms with Gasteiger partial charge in [0.2, 0.25) is 0 Å². The highest BCUT2D eigenvalue weighted by Crippen LogP contribution is 2.20. The Kier molecular flexibility index (Phi) is 6.38. The molecule has 0 fully saturated rings. The molecule has 1 heterocycles. The van der Waals surface area contributed by atoms with Gasteiger partial charge in [-0.1, -0.05) is 12.1 Å². The van der Waals surface area contributed by atoms with Crippen LogP contribution in [0, 0.1) is 0 Å². The van der Waals surface area contributed by atoms with Gasteiger partial charge in [-0.15, -0.1) is 11.3 Å². The lowest BCUT2D eigenvalue weighted by Crippen LogP contribution is -3.08. The number of carbonyl (C=O) groups excluding carboxylic acids is 2. The van der Waals surface area contributed by atoms with Crippen LogP contribution in [0.15, 0.2) is 48.5 Å². The largest absolute Gasteiger partial charge is 0.459 e. The van der Waals surface area contributed by atoms with E-state index in [4.69, 9.17) is 4.74 Å². The predicted molar refractivity (Wildman–Crippen MR) is 111 cm³/mol. The van der Waals surface area contributed by atoms with Crippen molar-refractivity contribution >= 4 is 39.1 Å². The maximum Gasteiger partial charge on any atom is 0.338 e. The monoisotopic (exact) mass is 398 g/mol. The molecule has 7 heteroatoms. The van der Waals surface area contributed by atoms with E-state index in [1.165, 1.54) is 0 Å². The summed E-state index contributed by atoms with van der Waals surface area (Å²) in [6.07, 6.45) is -0.166. The van der Waals surface area contributed by atoms with Crippen LogP contribution in [-0.2, 0) is 16.1 Å². The Hall–Kier alpha value is -2.77. The molecule has 3 aromatic rings. The van der Waals surface area contributed by atoms with Crippen molar-refractivity contribution in [1.82, 2.24) is 4.98 Å². The molecule has 146 valence electrons. The Morgan fingerprint density at radius 3 is 2.54 bits per heavy atom. The minimum Gasteiger partial charge on any atom is -0.459 e. The van der Waals surface area contributed by atoms with E-state index < -0.39 is 0 Å². The Bertz CT molecular complexity index is 933. The van der Waals surface area contributed by atoms with Gasteiger partial charge in [-0.3, -0.25) is 4.79 Å². The molecule has 6 nitrogen and oxygen atoms in total. The number of likely N-dealkylation sites (N-methyl/N-ethyl adjacent to an activating group) is 1. The smallest absolute Gasteiger partial charge is 0.338 e. The lowest BCUT2D eigenvalue weighted by molar-refractivity contribution is -0.885. The number of nitrogens with zero attached hydrogens (tertiary/aromatic N) is 1. The highest BCUT2D eigenvalue weighted by Gasteiger charge is 2.14. The zero-order valence-electron chi connectivity index (χ0n) is 16.2. The van der Waals surface area contributed by atoms with E-state index in [1.807, 2.05) is 25.2 Å². The summed E-state index contributed by atoms with van der Waals surface area (Å²) in [7, 11) is 1.97. The molecule has 1 amide bonds. The molecule has 1 atom stereocenters. The Morgan fingerprint density at radius 1 is 1.14 bits per heavy atom. The second kappa shape index (κ2) is 8.95. The van der Waals surface area contributed by atoms with Crippen LogP contribution in [0.25, 0.3) is 10.2 Å². The van der Waals surface area contributed by atoms with Crippen LogP contribution >= 0.6 is 11.3 Å². The van der Waals surface area contributed by atoms with Crippen molar-refractivity contribution in [1.29, 1.82) is 0 Å². The van der Waals surface area contributed by atoms with E-state index in [0.29, 0.717) is 24.3 Å². The Labute approximate surface area is 168 Å². The average molecular weight is 399 g/mol. The van der Waals surface area contributed by atoms with E-state index in [-0.39, 0.29) is 18.0 Å². The van der Waals surface area contributed by atoms with Gasteiger partial charge in [-0.25, -0.2) is 9.78 Å². The summed E-state index contributed by atoms with van der Waals surface area (Å²) in [5.41, 5.74) is 2.11. The number of carbonyl (C=O) groups is 2. The second-order valence-electron chi connectivity index (χ2n) is 6.97. The molecule has 2 N–H and O–H groups in total. The van der Waals surface area contributed by atoms with E-state index in [9.17, 15) is 9.59 Å². The van der Waals surface area contributed by atoms with Crippen LogP contribution in [0.5, 0.6) is 0 Å². The molecule has 1 aromatic heterocycles. The van der Waals surface area contributed by atoms with Crippen molar-refractivity contribution < 1.29 is 19.2 Å². The third kappa shape index (κ3) is 5.37. The number of quaternary nitrogens is 1. The first-order valence-corrected chi connectivity index (χ1v) is 9.99. The number of aromatic nitrogens is 1. The third-order valence-corrected chi connectivity index (χ3v) is 5.04. The molecule has 0 aliphatic heterocycles. The fourth-order valence-electron chi connectivity index (χ4n) is 2.77. The number of ether oxygens (including phenoxy) is 1. The van der Waals surface area contributed by atoms with Crippen LogP contribution in [0.3, 0.4) is 0 Å². The molecular weight excluding hydrogens is 374 g/mol. The van der Waals surface area contributed by atoms with E-state index in [0.717, 1.165) is 20.1 Å². The zero-order valence-corrected chi connectivity index (χ0v) is 17.0. The number of anilines is 1. The van der Waals surface area contributed by atoms with Crippen molar-refractivity contribution in [3.8, 4) is 0 Å². The number of amides is 1. The van der Waals surface area contributed by atoms with Gasteiger partial charge in [0.05, 0.1) is 28.9 Å². The normalized spacial score (nSPS) is 12.1. The standard InChI is InChI=1S/C21H23N3O3S/c1-14(2)27-21(26)15-8-10-16(11-9-15)22-19(25)12-24(3)13-20-23-17-6-4-5-7-18(17)28-20/h4-11,14H,12-13H2,1-3H3,(H,22,25)/p+1. The number of benzene rings is 2. The highest BCUT2D eigenvalue weighted by atomic mass is 32.1. The zero-order chi connectivity index (χ0) is 20.1. The number of nitrogens with one attached hydrogen (secondary N) is 2. The van der Waals surface area contributed by atoms with Crippen LogP contribution in [-0.4, -0.2) is 36.6 Å². The number of rotatable bonds is 7. The summed E-state index contributed by atoms with van der Waals surface area (Å²) in [6, 6.07) is 14.7. The van der Waals surface area contributed by atoms with Crippen LogP contribution in [0.4, 0.5) is 5.69 Å². The minimum absolute atomic E-state index is 0.0869. The van der Waals surface area contributed by atoms with E-state index >= 15 is 0 Å². The number of esters is 1. The van der Waals surface area contributed by atoms with Gasteiger partial charge in [-0.2, -0.15) is 0 Å². The van der Waals surface area contributed by atoms with E-state index in [2.05, 4.69) is 16.4 Å². The summed E-state index contributed by atoms with van der Waals surface area (Å²) in [5.74, 6) is -0.455. The van der Waals surface area contributed by atoms with Crippen LogP contribution in [0.2, 0.25) is 0 Å². The first-order chi connectivity index (χ1) is 13.4. The number of fused-ring (bicyclic) bond motifs is 1. The molecule has 2 aromatic carbocycles. The highest BCUT2D eigenvalue weighted by molar-refractivity contribution is 7.18. The molecule has 0 bridgehead atoms. The molecule has 0 saturated heterocycles. The lowest BCUT2D eigenvalue weighted by Gasteiger charge is -2.12. The van der Waals surface area contributed by atoms with Gasteiger partial charge < -0.3 is 15.0 Å². The van der Waals surface area contributed by atoms with Crippen molar-refractivity contribution in [3.05, 3.63) is 59.1 Å². The quantitative estimate of drug-likeness (QED) is 0.600. The molecule has 28 heavy (non-hydrogen) atoms. The fourth-order valence-corrected chi connectivity index (χ4v) is 3.85. The Morgan fingerprint density at radius 2 is 1.86 bits per heavy atom. The van der Waals surface area contributed by atoms with E-state index in [1.54, 1.807) is 49.4 Å². The number of thiazole rings is 1. The first-order valence-electron chi connectivity index (χ1n) is 9.17. The third-order valence-electron chi connectivity index (χ3n) is 4.00. The van der Waals surface area contributed by atoms with Crippen molar-refractivity contribution in [3.63, 3.8) is 0 Å². The van der Waals surface area contributed by atoms with Crippen molar-refractivity contribution in [2.45, 2.75) is 26.5 Å². The summed E-state index contributed by atoms with van der Waals surface area (Å²) in [5, 5.41) is 3.88. The maximum atomic E-state index is 12.3. The average Bonchev–Trinajstić information content (AvgIpc) is 3.03. The minimum atomic E-state index is -0.368. The Balaban J connectivity index is 1.52. The van der Waals surface area contributed by atoms with Crippen molar-refractivity contribution in [2.24, 2.45) is 0 Å². The molecule has 0 aliphatic rings. The van der Waals surface area contributed by atoms with Gasteiger partial charge in [0.25, 0.3) is 5.91 Å². The molecule has 0 radical (unpaired) electrons. The summed E-state index contributed by atoms with van der Waals surface area (Å²) < 4.78 is 6.31. The topological polar surface area (TPSA) is 72.7 Å². The number of para-hydroxylation sites is 1. The summed E-state index contributed by atoms with van der Waals surface area (Å²) >= 11 is 1.66. The van der Waals surface area contributed by atoms with Gasteiger partial charge >= 0.3 is 5.97 Å². The molecule has 1 unspecified atom stereocenters. The predicted octanol–water partition coefficient (Wildman–Crippen LogP) is 2.51. The fraction of sp³-hybridized carbons (Fsp3) is 0.286. The van der Waals surface area contributed by atoms with Crippen LogP contribution in [0.1, 0.15) is 29.2 Å². The SMILES string of the molecule is CC(C)OC(=O)c1ccc(NC(=O)C[NH+](C)Cc2nc3ccccc3s2)cc1.